The number of hydrogen-bond donors (Lipinski definition) is 2. The number of fused-ring (bicyclic) bond motifs is 1. The van der Waals surface area contributed by atoms with E-state index in [9.17, 15) is 4.79 Å². The molecular weight excluding hydrogens is 278 g/mol. The van der Waals surface area contributed by atoms with E-state index in [4.69, 9.17) is 16.7 Å². The van der Waals surface area contributed by atoms with E-state index in [0.717, 1.165) is 23.0 Å². The molecular formula is C14H14ClN3O2. The SMILES string of the molecule is O=C(O)N1CCC(Nc2ccc3nc(Cl)ccc3c2)C1. The fourth-order valence-electron chi connectivity index (χ4n) is 2.48. The summed E-state index contributed by atoms with van der Waals surface area (Å²) in [5, 5.41) is 13.8. The molecule has 1 saturated heterocycles. The zero-order valence-electron chi connectivity index (χ0n) is 10.7. The normalized spacial score (nSPS) is 18.4. The predicted octanol–water partition coefficient (Wildman–Crippen LogP) is 3.05. The van der Waals surface area contributed by atoms with Crippen molar-refractivity contribution in [3.8, 4) is 0 Å². The van der Waals surface area contributed by atoms with Crippen molar-refractivity contribution >= 4 is 34.3 Å². The predicted molar refractivity (Wildman–Crippen MR) is 78.4 cm³/mol. The minimum absolute atomic E-state index is 0.156. The second kappa shape index (κ2) is 5.17. The van der Waals surface area contributed by atoms with Gasteiger partial charge in [-0.15, -0.1) is 0 Å². The van der Waals surface area contributed by atoms with E-state index >= 15 is 0 Å². The number of nitrogens with one attached hydrogen (secondary N) is 1. The van der Waals surface area contributed by atoms with Gasteiger partial charge in [0.25, 0.3) is 0 Å². The minimum atomic E-state index is -0.855. The molecule has 1 aliphatic rings. The Morgan fingerprint density at radius 2 is 2.25 bits per heavy atom. The summed E-state index contributed by atoms with van der Waals surface area (Å²) in [6.45, 7) is 1.10. The lowest BCUT2D eigenvalue weighted by atomic mass is 10.2. The van der Waals surface area contributed by atoms with Crippen LogP contribution in [0, 0.1) is 0 Å². The van der Waals surface area contributed by atoms with E-state index in [1.807, 2.05) is 24.3 Å². The third-order valence-electron chi connectivity index (χ3n) is 3.48. The lowest BCUT2D eigenvalue weighted by molar-refractivity contribution is 0.155. The maximum atomic E-state index is 10.9. The molecule has 20 heavy (non-hydrogen) atoms. The van der Waals surface area contributed by atoms with Crippen LogP contribution < -0.4 is 5.32 Å². The van der Waals surface area contributed by atoms with Gasteiger partial charge < -0.3 is 15.3 Å². The second-order valence-electron chi connectivity index (χ2n) is 4.90. The molecule has 1 atom stereocenters. The molecule has 1 unspecified atom stereocenters. The van der Waals surface area contributed by atoms with Gasteiger partial charge in [0.2, 0.25) is 0 Å². The molecule has 0 spiro atoms. The number of amides is 1. The summed E-state index contributed by atoms with van der Waals surface area (Å²) in [7, 11) is 0. The Morgan fingerprint density at radius 3 is 3.00 bits per heavy atom. The number of anilines is 1. The fourth-order valence-corrected chi connectivity index (χ4v) is 2.63. The molecule has 0 aliphatic carbocycles. The maximum absolute atomic E-state index is 10.9. The monoisotopic (exact) mass is 291 g/mol. The van der Waals surface area contributed by atoms with Crippen LogP contribution in [0.15, 0.2) is 30.3 Å². The average molecular weight is 292 g/mol. The maximum Gasteiger partial charge on any atom is 0.407 e. The first-order chi connectivity index (χ1) is 9.61. The molecule has 3 rings (SSSR count). The quantitative estimate of drug-likeness (QED) is 0.835. The first-order valence-electron chi connectivity index (χ1n) is 6.42. The first-order valence-corrected chi connectivity index (χ1v) is 6.80. The van der Waals surface area contributed by atoms with Crippen LogP contribution in [0.5, 0.6) is 0 Å². The van der Waals surface area contributed by atoms with Gasteiger partial charge in [0.05, 0.1) is 5.52 Å². The van der Waals surface area contributed by atoms with E-state index in [1.54, 1.807) is 6.07 Å². The van der Waals surface area contributed by atoms with Crippen molar-refractivity contribution in [2.75, 3.05) is 18.4 Å². The second-order valence-corrected chi connectivity index (χ2v) is 5.29. The summed E-state index contributed by atoms with van der Waals surface area (Å²) in [5.74, 6) is 0. The van der Waals surface area contributed by atoms with Crippen LogP contribution in [0.4, 0.5) is 10.5 Å². The third-order valence-corrected chi connectivity index (χ3v) is 3.70. The molecule has 1 amide bonds. The number of carbonyl (C=O) groups is 1. The van der Waals surface area contributed by atoms with Gasteiger partial charge in [-0.2, -0.15) is 0 Å². The highest BCUT2D eigenvalue weighted by molar-refractivity contribution is 6.29. The zero-order chi connectivity index (χ0) is 14.1. The van der Waals surface area contributed by atoms with Gasteiger partial charge in [0.15, 0.2) is 0 Å². The van der Waals surface area contributed by atoms with E-state index in [-0.39, 0.29) is 6.04 Å². The largest absolute Gasteiger partial charge is 0.465 e. The van der Waals surface area contributed by atoms with Gasteiger partial charge in [-0.1, -0.05) is 11.6 Å². The highest BCUT2D eigenvalue weighted by Gasteiger charge is 2.25. The third kappa shape index (κ3) is 2.63. The first kappa shape index (κ1) is 13.0. The van der Waals surface area contributed by atoms with Crippen LogP contribution in [-0.2, 0) is 0 Å². The fraction of sp³-hybridized carbons (Fsp3) is 0.286. The van der Waals surface area contributed by atoms with E-state index in [1.165, 1.54) is 4.90 Å². The van der Waals surface area contributed by atoms with Crippen molar-refractivity contribution < 1.29 is 9.90 Å². The van der Waals surface area contributed by atoms with Gasteiger partial charge in [-0.25, -0.2) is 9.78 Å². The Balaban J connectivity index is 1.75. The highest BCUT2D eigenvalue weighted by atomic mass is 35.5. The molecule has 1 aromatic carbocycles. The Labute approximate surface area is 121 Å². The Hall–Kier alpha value is -2.01. The summed E-state index contributed by atoms with van der Waals surface area (Å²) in [4.78, 5) is 16.5. The number of nitrogens with zero attached hydrogens (tertiary/aromatic N) is 2. The molecule has 6 heteroatoms. The molecule has 5 nitrogen and oxygen atoms in total. The Morgan fingerprint density at radius 1 is 1.40 bits per heavy atom. The van der Waals surface area contributed by atoms with Gasteiger partial charge in [-0.05, 0) is 36.8 Å². The highest BCUT2D eigenvalue weighted by Crippen LogP contribution is 2.22. The average Bonchev–Trinajstić information content (AvgIpc) is 2.88. The van der Waals surface area contributed by atoms with Crippen molar-refractivity contribution in [3.63, 3.8) is 0 Å². The Bertz CT molecular complexity index is 662. The molecule has 1 aliphatic heterocycles. The minimum Gasteiger partial charge on any atom is -0.465 e. The summed E-state index contributed by atoms with van der Waals surface area (Å²) in [6, 6.07) is 9.69. The van der Waals surface area contributed by atoms with Crippen LogP contribution in [0.25, 0.3) is 10.9 Å². The number of benzene rings is 1. The van der Waals surface area contributed by atoms with Crippen molar-refractivity contribution in [2.45, 2.75) is 12.5 Å². The summed E-state index contributed by atoms with van der Waals surface area (Å²) < 4.78 is 0. The van der Waals surface area contributed by atoms with Gasteiger partial charge in [0.1, 0.15) is 5.15 Å². The molecule has 1 fully saturated rings. The number of carboxylic acid groups (broad SMARTS) is 1. The molecule has 1 aromatic heterocycles. The number of likely N-dealkylation sites (tertiary alicyclic amines) is 1. The number of pyridine rings is 1. The van der Waals surface area contributed by atoms with E-state index in [0.29, 0.717) is 18.2 Å². The number of hydrogen-bond acceptors (Lipinski definition) is 3. The molecule has 104 valence electrons. The van der Waals surface area contributed by atoms with Crippen LogP contribution in [0.1, 0.15) is 6.42 Å². The summed E-state index contributed by atoms with van der Waals surface area (Å²) in [5.41, 5.74) is 1.82. The van der Waals surface area contributed by atoms with Crippen molar-refractivity contribution in [1.29, 1.82) is 0 Å². The molecule has 0 saturated carbocycles. The Kier molecular flexibility index (Phi) is 3.36. The topological polar surface area (TPSA) is 65.5 Å². The van der Waals surface area contributed by atoms with Crippen LogP contribution in [-0.4, -0.2) is 40.2 Å². The van der Waals surface area contributed by atoms with E-state index in [2.05, 4.69) is 10.3 Å². The molecule has 0 bridgehead atoms. The number of halogens is 1. The number of rotatable bonds is 2. The number of aromatic nitrogens is 1. The zero-order valence-corrected chi connectivity index (χ0v) is 11.5. The summed E-state index contributed by atoms with van der Waals surface area (Å²) in [6.07, 6.45) is -0.0323. The van der Waals surface area contributed by atoms with Crippen molar-refractivity contribution in [3.05, 3.63) is 35.5 Å². The van der Waals surface area contributed by atoms with Crippen molar-refractivity contribution in [1.82, 2.24) is 9.88 Å². The standard InChI is InChI=1S/C14H14ClN3O2/c15-13-4-1-9-7-10(2-3-12(9)17-13)16-11-5-6-18(8-11)14(19)20/h1-4,7,11,16H,5-6,8H2,(H,19,20). The van der Waals surface area contributed by atoms with Crippen LogP contribution in [0.2, 0.25) is 5.15 Å². The van der Waals surface area contributed by atoms with Crippen molar-refractivity contribution in [2.24, 2.45) is 0 Å². The summed E-state index contributed by atoms with van der Waals surface area (Å²) >= 11 is 5.85. The lowest BCUT2D eigenvalue weighted by Gasteiger charge is -2.15. The molecule has 2 heterocycles. The van der Waals surface area contributed by atoms with Gasteiger partial charge in [0, 0.05) is 30.2 Å². The molecule has 2 N–H and O–H groups in total. The van der Waals surface area contributed by atoms with Gasteiger partial charge in [-0.3, -0.25) is 0 Å². The smallest absolute Gasteiger partial charge is 0.407 e. The van der Waals surface area contributed by atoms with E-state index < -0.39 is 6.09 Å². The molecule has 0 radical (unpaired) electrons. The molecule has 2 aromatic rings. The van der Waals surface area contributed by atoms with Gasteiger partial charge >= 0.3 is 6.09 Å². The lowest BCUT2D eigenvalue weighted by Crippen LogP contribution is -2.30. The van der Waals surface area contributed by atoms with Crippen LogP contribution >= 0.6 is 11.6 Å². The van der Waals surface area contributed by atoms with Crippen LogP contribution in [0.3, 0.4) is 0 Å².